The molecule has 20 heavy (non-hydrogen) atoms. The second-order valence-electron chi connectivity index (χ2n) is 5.38. The number of anilines is 1. The first-order valence-electron chi connectivity index (χ1n) is 6.94. The van der Waals surface area contributed by atoms with Crippen molar-refractivity contribution in [1.82, 2.24) is 14.5 Å². The van der Waals surface area contributed by atoms with Crippen LogP contribution < -0.4 is 5.32 Å². The average molecular weight is 264 g/mol. The minimum Gasteiger partial charge on any atom is -0.367 e. The maximum absolute atomic E-state index is 4.44. The number of rotatable bonds is 3. The van der Waals surface area contributed by atoms with Crippen LogP contribution >= 0.6 is 0 Å². The Morgan fingerprint density at radius 3 is 2.90 bits per heavy atom. The van der Waals surface area contributed by atoms with Gasteiger partial charge in [0.15, 0.2) is 0 Å². The summed E-state index contributed by atoms with van der Waals surface area (Å²) in [6, 6.07) is 11.0. The van der Waals surface area contributed by atoms with E-state index in [1.54, 1.807) is 6.33 Å². The number of benzene rings is 1. The quantitative estimate of drug-likeness (QED) is 0.790. The maximum Gasteiger partial charge on any atom is 0.130 e. The SMILES string of the molecule is Cn1cc(-c2cc(NC3CC3)ncn2)c2ccccc21. The molecule has 100 valence electrons. The molecule has 0 saturated heterocycles. The van der Waals surface area contributed by atoms with Crippen molar-refractivity contribution in [3.8, 4) is 11.3 Å². The molecule has 0 amide bonds. The van der Waals surface area contributed by atoms with E-state index >= 15 is 0 Å². The van der Waals surface area contributed by atoms with Crippen molar-refractivity contribution < 1.29 is 0 Å². The number of aryl methyl sites for hydroxylation is 1. The Morgan fingerprint density at radius 2 is 2.05 bits per heavy atom. The Balaban J connectivity index is 1.81. The molecule has 0 unspecified atom stereocenters. The topological polar surface area (TPSA) is 42.7 Å². The van der Waals surface area contributed by atoms with Gasteiger partial charge in [-0.15, -0.1) is 0 Å². The van der Waals surface area contributed by atoms with E-state index in [-0.39, 0.29) is 0 Å². The molecule has 2 heterocycles. The molecular formula is C16H16N4. The zero-order chi connectivity index (χ0) is 13.5. The first kappa shape index (κ1) is 11.5. The van der Waals surface area contributed by atoms with Gasteiger partial charge in [0.1, 0.15) is 12.1 Å². The fourth-order valence-electron chi connectivity index (χ4n) is 2.57. The summed E-state index contributed by atoms with van der Waals surface area (Å²) in [5, 5.41) is 4.65. The molecule has 0 spiro atoms. The Labute approximate surface area is 117 Å². The van der Waals surface area contributed by atoms with Crippen LogP contribution in [0.15, 0.2) is 42.9 Å². The summed E-state index contributed by atoms with van der Waals surface area (Å²) >= 11 is 0. The summed E-state index contributed by atoms with van der Waals surface area (Å²) in [6.45, 7) is 0. The summed E-state index contributed by atoms with van der Waals surface area (Å²) < 4.78 is 2.14. The van der Waals surface area contributed by atoms with Crippen molar-refractivity contribution in [2.75, 3.05) is 5.32 Å². The van der Waals surface area contributed by atoms with E-state index in [0.29, 0.717) is 6.04 Å². The average Bonchev–Trinajstić information content (AvgIpc) is 3.22. The number of hydrogen-bond donors (Lipinski definition) is 1. The minimum atomic E-state index is 0.602. The molecule has 4 rings (SSSR count). The third-order valence-electron chi connectivity index (χ3n) is 3.77. The molecule has 1 N–H and O–H groups in total. The lowest BCUT2D eigenvalue weighted by Crippen LogP contribution is -2.03. The van der Waals surface area contributed by atoms with Gasteiger partial charge in [0, 0.05) is 41.8 Å². The van der Waals surface area contributed by atoms with E-state index in [1.165, 1.54) is 23.7 Å². The highest BCUT2D eigenvalue weighted by atomic mass is 15.1. The Bertz CT molecular complexity index is 771. The summed E-state index contributed by atoms with van der Waals surface area (Å²) in [6.07, 6.45) is 6.26. The fraction of sp³-hybridized carbons (Fsp3) is 0.250. The van der Waals surface area contributed by atoms with Crippen molar-refractivity contribution in [2.24, 2.45) is 7.05 Å². The van der Waals surface area contributed by atoms with Gasteiger partial charge in [-0.25, -0.2) is 9.97 Å². The normalized spacial score (nSPS) is 14.7. The summed E-state index contributed by atoms with van der Waals surface area (Å²) in [7, 11) is 2.07. The second kappa shape index (κ2) is 4.34. The monoisotopic (exact) mass is 264 g/mol. The van der Waals surface area contributed by atoms with Crippen LogP contribution in [0.3, 0.4) is 0 Å². The van der Waals surface area contributed by atoms with Crippen molar-refractivity contribution in [3.05, 3.63) is 42.9 Å². The molecule has 0 aliphatic heterocycles. The van der Waals surface area contributed by atoms with Gasteiger partial charge in [-0.05, 0) is 18.9 Å². The highest BCUT2D eigenvalue weighted by molar-refractivity contribution is 5.95. The standard InChI is InChI=1S/C16H16N4/c1-20-9-13(12-4-2-3-5-15(12)20)14-8-16(18-10-17-14)19-11-6-7-11/h2-5,8-11H,6-7H2,1H3,(H,17,18,19). The van der Waals surface area contributed by atoms with E-state index in [0.717, 1.165) is 17.1 Å². The zero-order valence-electron chi connectivity index (χ0n) is 11.4. The lowest BCUT2D eigenvalue weighted by Gasteiger charge is -2.04. The van der Waals surface area contributed by atoms with Crippen LogP contribution in [0.25, 0.3) is 22.2 Å². The molecule has 1 fully saturated rings. The first-order chi connectivity index (χ1) is 9.81. The van der Waals surface area contributed by atoms with Crippen molar-refractivity contribution in [2.45, 2.75) is 18.9 Å². The highest BCUT2D eigenvalue weighted by Crippen LogP contribution is 2.30. The lowest BCUT2D eigenvalue weighted by molar-refractivity contribution is 0.969. The van der Waals surface area contributed by atoms with Gasteiger partial charge < -0.3 is 9.88 Å². The maximum atomic E-state index is 4.44. The van der Waals surface area contributed by atoms with Crippen LogP contribution in [-0.4, -0.2) is 20.6 Å². The van der Waals surface area contributed by atoms with Gasteiger partial charge >= 0.3 is 0 Å². The van der Waals surface area contributed by atoms with Crippen LogP contribution in [0.4, 0.5) is 5.82 Å². The first-order valence-corrected chi connectivity index (χ1v) is 6.94. The number of para-hydroxylation sites is 1. The molecular weight excluding hydrogens is 248 g/mol. The van der Waals surface area contributed by atoms with Crippen molar-refractivity contribution in [3.63, 3.8) is 0 Å². The Kier molecular flexibility index (Phi) is 2.49. The summed E-state index contributed by atoms with van der Waals surface area (Å²) in [5.74, 6) is 0.922. The number of nitrogens with zero attached hydrogens (tertiary/aromatic N) is 3. The van der Waals surface area contributed by atoms with E-state index in [2.05, 4.69) is 57.4 Å². The van der Waals surface area contributed by atoms with Gasteiger partial charge in [0.05, 0.1) is 5.69 Å². The number of fused-ring (bicyclic) bond motifs is 1. The molecule has 4 heteroatoms. The molecule has 4 nitrogen and oxygen atoms in total. The molecule has 3 aromatic rings. The molecule has 1 aliphatic rings. The number of hydrogen-bond acceptors (Lipinski definition) is 3. The predicted molar refractivity (Wildman–Crippen MR) is 80.6 cm³/mol. The van der Waals surface area contributed by atoms with Gasteiger partial charge in [-0.3, -0.25) is 0 Å². The number of aromatic nitrogens is 3. The summed E-state index contributed by atoms with van der Waals surface area (Å²) in [5.41, 5.74) is 3.35. The highest BCUT2D eigenvalue weighted by Gasteiger charge is 2.21. The number of nitrogens with one attached hydrogen (secondary N) is 1. The minimum absolute atomic E-state index is 0.602. The molecule has 1 aromatic carbocycles. The van der Waals surface area contributed by atoms with Crippen LogP contribution in [0, 0.1) is 0 Å². The van der Waals surface area contributed by atoms with E-state index in [9.17, 15) is 0 Å². The Hall–Kier alpha value is -2.36. The molecule has 2 aromatic heterocycles. The molecule has 1 aliphatic carbocycles. The predicted octanol–water partition coefficient (Wildman–Crippen LogP) is 3.21. The van der Waals surface area contributed by atoms with Gasteiger partial charge in [0.2, 0.25) is 0 Å². The molecule has 0 atom stereocenters. The lowest BCUT2D eigenvalue weighted by atomic mass is 10.1. The smallest absolute Gasteiger partial charge is 0.130 e. The molecule has 0 radical (unpaired) electrons. The largest absolute Gasteiger partial charge is 0.367 e. The zero-order valence-corrected chi connectivity index (χ0v) is 11.4. The molecule has 0 bridgehead atoms. The van der Waals surface area contributed by atoms with Crippen molar-refractivity contribution >= 4 is 16.7 Å². The fourth-order valence-corrected chi connectivity index (χ4v) is 2.57. The van der Waals surface area contributed by atoms with E-state index < -0.39 is 0 Å². The van der Waals surface area contributed by atoms with Gasteiger partial charge in [-0.2, -0.15) is 0 Å². The third kappa shape index (κ3) is 1.93. The van der Waals surface area contributed by atoms with Crippen LogP contribution in [-0.2, 0) is 7.05 Å². The van der Waals surface area contributed by atoms with Crippen LogP contribution in [0.1, 0.15) is 12.8 Å². The second-order valence-corrected chi connectivity index (χ2v) is 5.38. The molecule has 1 saturated carbocycles. The van der Waals surface area contributed by atoms with E-state index in [1.807, 2.05) is 6.07 Å². The Morgan fingerprint density at radius 1 is 1.20 bits per heavy atom. The summed E-state index contributed by atoms with van der Waals surface area (Å²) in [4.78, 5) is 8.74. The van der Waals surface area contributed by atoms with Gasteiger partial charge in [-0.1, -0.05) is 18.2 Å². The van der Waals surface area contributed by atoms with E-state index in [4.69, 9.17) is 0 Å². The third-order valence-corrected chi connectivity index (χ3v) is 3.77. The van der Waals surface area contributed by atoms with Crippen molar-refractivity contribution in [1.29, 1.82) is 0 Å². The van der Waals surface area contributed by atoms with Crippen LogP contribution in [0.2, 0.25) is 0 Å². The van der Waals surface area contributed by atoms with Gasteiger partial charge in [0.25, 0.3) is 0 Å². The van der Waals surface area contributed by atoms with Crippen LogP contribution in [0.5, 0.6) is 0 Å².